The largest absolute Gasteiger partial charge is 0.756 e. The summed E-state index contributed by atoms with van der Waals surface area (Å²) in [6, 6.07) is 0. The first kappa shape index (κ1) is 19.7. The molecule has 8 nitrogen and oxygen atoms in total. The summed E-state index contributed by atoms with van der Waals surface area (Å²) in [5, 5.41) is 0. The van der Waals surface area contributed by atoms with Crippen LogP contribution in [0.5, 0.6) is 0 Å². The fraction of sp³-hybridized carbons (Fsp3) is 0.417. The molecule has 2 aromatic heterocycles. The van der Waals surface area contributed by atoms with E-state index in [1.165, 1.54) is 11.3 Å². The molecule has 0 aliphatic rings. The standard InChI is InChI=1S/C12H14F3N4O4PS/c1-7-9(2-3-23-24(20,21)22)25-6-19(7)5-8-4-17-11(12(13,14)15)18-10(8)16/h4,6H,2-3,5H2,1H3,(H3-,16,17,18,20,21,22). The number of phosphoric acid groups is 1. The summed E-state index contributed by atoms with van der Waals surface area (Å²) in [6.45, 7) is 1.69. The first-order valence-corrected chi connectivity index (χ1v) is 9.18. The van der Waals surface area contributed by atoms with Crippen LogP contribution in [0, 0.1) is 6.92 Å². The highest BCUT2D eigenvalue weighted by atomic mass is 32.1. The van der Waals surface area contributed by atoms with E-state index in [2.05, 4.69) is 14.5 Å². The Hall–Kier alpha value is -1.59. The highest BCUT2D eigenvalue weighted by Crippen LogP contribution is 2.30. The second-order valence-corrected chi connectivity index (χ2v) is 7.15. The molecular weight excluding hydrogens is 384 g/mol. The molecule has 2 heterocycles. The van der Waals surface area contributed by atoms with Gasteiger partial charge in [-0.3, -0.25) is 4.57 Å². The number of rotatable bonds is 6. The van der Waals surface area contributed by atoms with Gasteiger partial charge in [0.05, 0.1) is 17.0 Å². The van der Waals surface area contributed by atoms with Crippen LogP contribution in [-0.2, 0) is 28.2 Å². The average molecular weight is 398 g/mol. The first-order chi connectivity index (χ1) is 11.5. The third-order valence-electron chi connectivity index (χ3n) is 3.23. The van der Waals surface area contributed by atoms with E-state index in [4.69, 9.17) is 10.6 Å². The Morgan fingerprint density at radius 1 is 1.52 bits per heavy atom. The molecular formula is C12H14F3N4O4PS. The van der Waals surface area contributed by atoms with Gasteiger partial charge in [0.15, 0.2) is 12.2 Å². The van der Waals surface area contributed by atoms with Crippen LogP contribution in [0.25, 0.3) is 0 Å². The van der Waals surface area contributed by atoms with Crippen molar-refractivity contribution in [3.63, 3.8) is 0 Å². The monoisotopic (exact) mass is 398 g/mol. The van der Waals surface area contributed by atoms with Gasteiger partial charge >= 0.3 is 6.18 Å². The Morgan fingerprint density at radius 2 is 2.20 bits per heavy atom. The number of nitrogen functional groups attached to an aromatic ring is 1. The fourth-order valence-electron chi connectivity index (χ4n) is 1.96. The molecule has 0 spiro atoms. The fourth-order valence-corrected chi connectivity index (χ4v) is 3.26. The minimum absolute atomic E-state index is 0.160. The summed E-state index contributed by atoms with van der Waals surface area (Å²) in [4.78, 5) is 26.4. The minimum Gasteiger partial charge on any atom is -0.756 e. The van der Waals surface area contributed by atoms with Crippen LogP contribution in [0.4, 0.5) is 19.0 Å². The lowest BCUT2D eigenvalue weighted by atomic mass is 10.2. The molecule has 0 aliphatic carbocycles. The highest BCUT2D eigenvalue weighted by molar-refractivity contribution is 7.44. The van der Waals surface area contributed by atoms with Crippen LogP contribution in [0.15, 0.2) is 11.7 Å². The van der Waals surface area contributed by atoms with Crippen LogP contribution < -0.4 is 15.2 Å². The molecule has 0 amide bonds. The van der Waals surface area contributed by atoms with E-state index >= 15 is 0 Å². The van der Waals surface area contributed by atoms with Gasteiger partial charge in [-0.1, -0.05) is 11.3 Å². The van der Waals surface area contributed by atoms with Gasteiger partial charge in [-0.05, 0) is 0 Å². The lowest BCUT2D eigenvalue weighted by Gasteiger charge is -2.14. The summed E-state index contributed by atoms with van der Waals surface area (Å²) in [5.41, 5.74) is 8.36. The number of hydrogen-bond donors (Lipinski definition) is 2. The van der Waals surface area contributed by atoms with Gasteiger partial charge in [0.1, 0.15) is 5.82 Å². The Morgan fingerprint density at radius 3 is 2.76 bits per heavy atom. The van der Waals surface area contributed by atoms with Crippen molar-refractivity contribution >= 4 is 25.0 Å². The summed E-state index contributed by atoms with van der Waals surface area (Å²) >= 11 is 1.31. The summed E-state index contributed by atoms with van der Waals surface area (Å²) in [6.07, 6.45) is -3.40. The molecule has 2 rings (SSSR count). The number of anilines is 1. The SMILES string of the molecule is Cc1c(CCOP(=O)([O-])O)sc[n+]1Cc1cnc(C(F)(F)F)nc1N. The van der Waals surface area contributed by atoms with Crippen LogP contribution in [0.1, 0.15) is 22.0 Å². The smallest absolute Gasteiger partial charge is 0.451 e. The van der Waals surface area contributed by atoms with Gasteiger partial charge in [-0.15, -0.1) is 0 Å². The molecule has 1 atom stereocenters. The number of nitrogens with two attached hydrogens (primary N) is 1. The molecule has 3 N–H and O–H groups in total. The van der Waals surface area contributed by atoms with Gasteiger partial charge in [-0.25, -0.2) is 9.97 Å². The van der Waals surface area contributed by atoms with Crippen LogP contribution in [0.3, 0.4) is 0 Å². The van der Waals surface area contributed by atoms with E-state index in [0.717, 1.165) is 16.8 Å². The van der Waals surface area contributed by atoms with Crippen LogP contribution in [-0.4, -0.2) is 21.5 Å². The van der Waals surface area contributed by atoms with Gasteiger partial charge in [-0.2, -0.15) is 17.7 Å². The van der Waals surface area contributed by atoms with Crippen molar-refractivity contribution in [1.82, 2.24) is 9.97 Å². The molecule has 0 radical (unpaired) electrons. The van der Waals surface area contributed by atoms with E-state index in [-0.39, 0.29) is 25.4 Å². The maximum Gasteiger partial charge on any atom is 0.451 e. The normalized spacial score (nSPS) is 14.5. The number of thiazole rings is 1. The zero-order valence-corrected chi connectivity index (χ0v) is 14.6. The summed E-state index contributed by atoms with van der Waals surface area (Å²) in [7, 11) is -4.77. The molecule has 25 heavy (non-hydrogen) atoms. The zero-order chi connectivity index (χ0) is 18.8. The Bertz CT molecular complexity index is 808. The lowest BCUT2D eigenvalue weighted by Crippen LogP contribution is -2.35. The topological polar surface area (TPSA) is 125 Å². The zero-order valence-electron chi connectivity index (χ0n) is 12.9. The third kappa shape index (κ3) is 5.44. The van der Waals surface area contributed by atoms with E-state index in [1.54, 1.807) is 17.0 Å². The summed E-state index contributed by atoms with van der Waals surface area (Å²) in [5.74, 6) is -1.57. The number of alkyl halides is 3. The molecule has 2 aromatic rings. The van der Waals surface area contributed by atoms with E-state index < -0.39 is 19.8 Å². The molecule has 0 fully saturated rings. The molecule has 0 aliphatic heterocycles. The van der Waals surface area contributed by atoms with Crippen molar-refractivity contribution in [1.29, 1.82) is 0 Å². The number of hydrogen-bond acceptors (Lipinski definition) is 7. The molecule has 1 unspecified atom stereocenters. The number of nitrogens with zero attached hydrogens (tertiary/aromatic N) is 3. The predicted octanol–water partition coefficient (Wildman–Crippen LogP) is 0.803. The van der Waals surface area contributed by atoms with Crippen molar-refractivity contribution in [2.45, 2.75) is 26.1 Å². The van der Waals surface area contributed by atoms with E-state index in [1.807, 2.05) is 0 Å². The number of aromatic nitrogens is 3. The van der Waals surface area contributed by atoms with Gasteiger partial charge < -0.3 is 20.0 Å². The van der Waals surface area contributed by atoms with Crippen molar-refractivity contribution in [2.75, 3.05) is 12.3 Å². The van der Waals surface area contributed by atoms with Gasteiger partial charge in [0, 0.05) is 19.5 Å². The Balaban J connectivity index is 2.10. The second-order valence-electron chi connectivity index (χ2n) is 5.01. The van der Waals surface area contributed by atoms with Gasteiger partial charge in [0.2, 0.25) is 11.3 Å². The molecule has 13 heteroatoms. The average Bonchev–Trinajstić information content (AvgIpc) is 2.80. The summed E-state index contributed by atoms with van der Waals surface area (Å²) < 4.78 is 54.2. The Kier molecular flexibility index (Phi) is 5.79. The van der Waals surface area contributed by atoms with E-state index in [9.17, 15) is 22.6 Å². The molecule has 0 aromatic carbocycles. The number of halogens is 3. The van der Waals surface area contributed by atoms with Crippen LogP contribution >= 0.6 is 19.2 Å². The molecule has 0 saturated carbocycles. The van der Waals surface area contributed by atoms with Crippen molar-refractivity contribution in [3.05, 3.63) is 33.7 Å². The quantitative estimate of drug-likeness (QED) is 0.545. The first-order valence-electron chi connectivity index (χ1n) is 6.80. The molecule has 0 saturated heterocycles. The lowest BCUT2D eigenvalue weighted by molar-refractivity contribution is -0.689. The van der Waals surface area contributed by atoms with Crippen molar-refractivity contribution < 1.29 is 36.6 Å². The highest BCUT2D eigenvalue weighted by Gasteiger charge is 2.35. The van der Waals surface area contributed by atoms with Gasteiger partial charge in [0.25, 0.3) is 7.82 Å². The van der Waals surface area contributed by atoms with E-state index in [0.29, 0.717) is 5.56 Å². The Labute approximate surface area is 144 Å². The molecule has 0 bridgehead atoms. The maximum atomic E-state index is 12.5. The third-order valence-corrected chi connectivity index (χ3v) is 4.89. The number of phosphoric ester groups is 1. The molecule has 138 valence electrons. The van der Waals surface area contributed by atoms with Crippen molar-refractivity contribution in [3.8, 4) is 0 Å². The minimum atomic E-state index is -4.77. The maximum absolute atomic E-state index is 12.5. The predicted molar refractivity (Wildman–Crippen MR) is 79.3 cm³/mol. The van der Waals surface area contributed by atoms with Crippen molar-refractivity contribution in [2.24, 2.45) is 0 Å². The van der Waals surface area contributed by atoms with Crippen LogP contribution in [0.2, 0.25) is 0 Å². The second kappa shape index (κ2) is 7.34.